The van der Waals surface area contributed by atoms with E-state index in [4.69, 9.17) is 0 Å². The molecule has 2 aliphatic rings. The number of ketones is 2. The molecule has 0 unspecified atom stereocenters. The molecule has 0 saturated heterocycles. The van der Waals surface area contributed by atoms with Crippen LogP contribution in [0.1, 0.15) is 68.5 Å². The summed E-state index contributed by atoms with van der Waals surface area (Å²) in [5, 5.41) is 0. The predicted molar refractivity (Wildman–Crippen MR) is 265 cm³/mol. The molecule has 306 valence electrons. The summed E-state index contributed by atoms with van der Waals surface area (Å²) in [6.45, 7) is 0. The summed E-state index contributed by atoms with van der Waals surface area (Å²) in [4.78, 5) is 29.2. The highest BCUT2D eigenvalue weighted by Crippen LogP contribution is 2.51. The van der Waals surface area contributed by atoms with Crippen LogP contribution in [0, 0.1) is 0 Å². The van der Waals surface area contributed by atoms with E-state index in [1.165, 1.54) is 11.1 Å². The quantitative estimate of drug-likeness (QED) is 0.109. The van der Waals surface area contributed by atoms with Gasteiger partial charge < -0.3 is 0 Å². The SMILES string of the molecule is O=C1C(c2ccccc2)=C(c2ccccc2)C(c2ccc(CCCCc3ccc(C4=C(c5ccccc5)C(=O)C(c5ccccc5)=C4c4ccccc4)cc3)cc2)=C1c1ccccc1. The third-order valence-electron chi connectivity index (χ3n) is 12.4. The summed E-state index contributed by atoms with van der Waals surface area (Å²) in [6.07, 6.45) is 4.01. The van der Waals surface area contributed by atoms with Gasteiger partial charge in [-0.05, 0) is 81.3 Å². The van der Waals surface area contributed by atoms with Crippen molar-refractivity contribution in [2.24, 2.45) is 0 Å². The maximum absolute atomic E-state index is 14.6. The minimum atomic E-state index is 0.0542. The summed E-state index contributed by atoms with van der Waals surface area (Å²) in [5.74, 6) is 0.108. The van der Waals surface area contributed by atoms with E-state index >= 15 is 0 Å². The highest BCUT2D eigenvalue weighted by Gasteiger charge is 2.37. The van der Waals surface area contributed by atoms with Crippen molar-refractivity contribution in [1.29, 1.82) is 0 Å². The Morgan fingerprint density at radius 3 is 0.609 bits per heavy atom. The molecule has 0 saturated carbocycles. The van der Waals surface area contributed by atoms with E-state index in [0.717, 1.165) is 115 Å². The molecule has 64 heavy (non-hydrogen) atoms. The summed E-state index contributed by atoms with van der Waals surface area (Å²) in [6, 6.07) is 78.7. The number of hydrogen-bond donors (Lipinski definition) is 0. The number of carbonyl (C=O) groups is 2. The number of rotatable bonds is 13. The fourth-order valence-corrected chi connectivity index (χ4v) is 9.42. The fraction of sp³-hybridized carbons (Fsp3) is 0.0645. The van der Waals surface area contributed by atoms with Crippen molar-refractivity contribution >= 4 is 56.2 Å². The lowest BCUT2D eigenvalue weighted by Gasteiger charge is -2.14. The molecule has 0 fully saturated rings. The smallest absolute Gasteiger partial charge is 0.195 e. The van der Waals surface area contributed by atoms with Crippen LogP contribution in [0.15, 0.2) is 231 Å². The first kappa shape index (κ1) is 40.2. The minimum absolute atomic E-state index is 0.0542. The standard InChI is InChI=1S/C62H46O2/c63-61-57(47-27-11-3-12-28-47)53(45-23-7-1-8-24-45)55(59(61)49-31-15-5-16-32-49)51-39-35-43(36-40-51)21-19-20-22-44-37-41-52(42-38-44)56-54(46-25-9-2-10-26-46)58(48-29-13-4-14-30-48)62(64)60(56)50-33-17-6-18-34-50/h1-18,23-42H,19-22H2. The van der Waals surface area contributed by atoms with Gasteiger partial charge in [-0.1, -0.05) is 231 Å². The maximum atomic E-state index is 14.6. The van der Waals surface area contributed by atoms with Gasteiger partial charge >= 0.3 is 0 Å². The van der Waals surface area contributed by atoms with E-state index in [-0.39, 0.29) is 11.6 Å². The molecule has 0 heterocycles. The van der Waals surface area contributed by atoms with E-state index in [9.17, 15) is 9.59 Å². The van der Waals surface area contributed by atoms with Crippen LogP contribution >= 0.6 is 0 Å². The molecule has 0 aliphatic heterocycles. The van der Waals surface area contributed by atoms with Crippen LogP contribution in [0.5, 0.6) is 0 Å². The van der Waals surface area contributed by atoms with Crippen LogP contribution in [0.2, 0.25) is 0 Å². The highest BCUT2D eigenvalue weighted by atomic mass is 16.1. The van der Waals surface area contributed by atoms with Crippen molar-refractivity contribution in [2.75, 3.05) is 0 Å². The van der Waals surface area contributed by atoms with Gasteiger partial charge in [0.2, 0.25) is 0 Å². The number of benzene rings is 8. The molecular weight excluding hydrogens is 777 g/mol. The molecule has 0 N–H and O–H groups in total. The number of aryl methyl sites for hydroxylation is 2. The third kappa shape index (κ3) is 7.87. The molecule has 0 bridgehead atoms. The van der Waals surface area contributed by atoms with Crippen LogP contribution in [0.3, 0.4) is 0 Å². The Labute approximate surface area is 375 Å². The second-order valence-electron chi connectivity index (χ2n) is 16.5. The van der Waals surface area contributed by atoms with Gasteiger partial charge in [-0.15, -0.1) is 0 Å². The van der Waals surface area contributed by atoms with Crippen molar-refractivity contribution in [2.45, 2.75) is 25.7 Å². The zero-order valence-electron chi connectivity index (χ0n) is 35.6. The van der Waals surface area contributed by atoms with Gasteiger partial charge in [0.05, 0.1) is 0 Å². The van der Waals surface area contributed by atoms with Crippen molar-refractivity contribution in [3.8, 4) is 0 Å². The summed E-state index contributed by atoms with van der Waals surface area (Å²) >= 11 is 0. The zero-order chi connectivity index (χ0) is 43.2. The van der Waals surface area contributed by atoms with Gasteiger partial charge in [0.15, 0.2) is 11.6 Å². The first-order valence-corrected chi connectivity index (χ1v) is 22.2. The normalized spacial score (nSPS) is 14.0. The second-order valence-corrected chi connectivity index (χ2v) is 16.5. The highest BCUT2D eigenvalue weighted by molar-refractivity contribution is 6.60. The number of allylic oxidation sites excluding steroid dienone is 8. The van der Waals surface area contributed by atoms with Crippen LogP contribution in [0.25, 0.3) is 44.6 Å². The van der Waals surface area contributed by atoms with Crippen molar-refractivity contribution in [3.05, 3.63) is 286 Å². The lowest BCUT2D eigenvalue weighted by molar-refractivity contribution is -0.109. The van der Waals surface area contributed by atoms with Crippen molar-refractivity contribution in [3.63, 3.8) is 0 Å². The first-order valence-electron chi connectivity index (χ1n) is 22.2. The molecule has 2 heteroatoms. The van der Waals surface area contributed by atoms with Crippen LogP contribution in [-0.2, 0) is 22.4 Å². The molecule has 0 amide bonds. The van der Waals surface area contributed by atoms with E-state index in [1.54, 1.807) is 0 Å². The van der Waals surface area contributed by atoms with Gasteiger partial charge in [0, 0.05) is 44.6 Å². The second kappa shape index (κ2) is 18.2. The van der Waals surface area contributed by atoms with Crippen molar-refractivity contribution < 1.29 is 9.59 Å². The molecule has 0 atom stereocenters. The summed E-state index contributed by atoms with van der Waals surface area (Å²) in [7, 11) is 0. The molecule has 0 spiro atoms. The van der Waals surface area contributed by atoms with E-state index < -0.39 is 0 Å². The van der Waals surface area contributed by atoms with Crippen LogP contribution in [0.4, 0.5) is 0 Å². The average Bonchev–Trinajstić information content (AvgIpc) is 3.85. The monoisotopic (exact) mass is 822 g/mol. The van der Waals surface area contributed by atoms with E-state index in [1.807, 2.05) is 158 Å². The summed E-state index contributed by atoms with van der Waals surface area (Å²) < 4.78 is 0. The Morgan fingerprint density at radius 2 is 0.391 bits per heavy atom. The number of carbonyl (C=O) groups excluding carboxylic acids is 2. The first-order chi connectivity index (χ1) is 31.6. The van der Waals surface area contributed by atoms with Crippen LogP contribution in [-0.4, -0.2) is 11.6 Å². The molecule has 0 aromatic heterocycles. The Balaban J connectivity index is 0.899. The molecule has 8 aromatic carbocycles. The third-order valence-corrected chi connectivity index (χ3v) is 12.4. The largest absolute Gasteiger partial charge is 0.289 e. The number of hydrogen-bond acceptors (Lipinski definition) is 2. The van der Waals surface area contributed by atoms with Gasteiger partial charge in [0.25, 0.3) is 0 Å². The minimum Gasteiger partial charge on any atom is -0.289 e. The maximum Gasteiger partial charge on any atom is 0.195 e. The fourth-order valence-electron chi connectivity index (χ4n) is 9.42. The zero-order valence-corrected chi connectivity index (χ0v) is 35.6. The molecule has 0 radical (unpaired) electrons. The van der Waals surface area contributed by atoms with E-state index in [2.05, 4.69) is 72.8 Å². The molecular formula is C62H46O2. The average molecular weight is 823 g/mol. The van der Waals surface area contributed by atoms with E-state index in [0.29, 0.717) is 0 Å². The topological polar surface area (TPSA) is 34.1 Å². The van der Waals surface area contributed by atoms with Gasteiger partial charge in [-0.3, -0.25) is 9.59 Å². The van der Waals surface area contributed by atoms with Gasteiger partial charge in [0.1, 0.15) is 0 Å². The lowest BCUT2D eigenvalue weighted by Crippen LogP contribution is -2.01. The Kier molecular flexibility index (Phi) is 11.4. The van der Waals surface area contributed by atoms with Gasteiger partial charge in [-0.25, -0.2) is 0 Å². The lowest BCUT2D eigenvalue weighted by atomic mass is 9.88. The Hall–Kier alpha value is -7.94. The molecule has 2 aliphatic carbocycles. The Morgan fingerprint density at radius 1 is 0.203 bits per heavy atom. The van der Waals surface area contributed by atoms with Crippen LogP contribution < -0.4 is 0 Å². The molecule has 2 nitrogen and oxygen atoms in total. The van der Waals surface area contributed by atoms with Gasteiger partial charge in [-0.2, -0.15) is 0 Å². The van der Waals surface area contributed by atoms with Crippen molar-refractivity contribution in [1.82, 2.24) is 0 Å². The summed E-state index contributed by atoms with van der Waals surface area (Å²) in [5.41, 5.74) is 17.3. The Bertz CT molecular complexity index is 2870. The number of unbranched alkanes of at least 4 members (excludes halogenated alkanes) is 1. The number of Topliss-reactive ketones (excluding diaryl/α,β-unsaturated/α-hetero) is 2. The molecule has 8 aromatic rings. The predicted octanol–water partition coefficient (Wildman–Crippen LogP) is 14.5. The molecule has 10 rings (SSSR count).